The number of aromatic amines is 1. The van der Waals surface area contributed by atoms with E-state index in [2.05, 4.69) is 30.7 Å². The van der Waals surface area contributed by atoms with Gasteiger partial charge in [-0.1, -0.05) is 54.7 Å². The molecule has 1 aliphatic rings. The summed E-state index contributed by atoms with van der Waals surface area (Å²) in [5.41, 5.74) is 4.25. The Balaban J connectivity index is 1.73. The molecule has 0 saturated carbocycles. The summed E-state index contributed by atoms with van der Waals surface area (Å²) >= 11 is 19.0. The van der Waals surface area contributed by atoms with E-state index in [1.165, 1.54) is 0 Å². The van der Waals surface area contributed by atoms with Gasteiger partial charge in [0.05, 0.1) is 5.56 Å². The Hall–Kier alpha value is -1.85. The first-order valence-corrected chi connectivity index (χ1v) is 13.5. The van der Waals surface area contributed by atoms with E-state index < -0.39 is 0 Å². The molecule has 3 aromatic rings. The highest BCUT2D eigenvalue weighted by molar-refractivity contribution is 6.35. The third kappa shape index (κ3) is 5.94. The molecule has 0 spiro atoms. The molecule has 0 radical (unpaired) electrons. The number of rotatable bonds is 8. The van der Waals surface area contributed by atoms with Crippen LogP contribution in [0.1, 0.15) is 62.8 Å². The van der Waals surface area contributed by atoms with Gasteiger partial charge in [0.1, 0.15) is 0 Å². The Bertz CT molecular complexity index is 1300. The van der Waals surface area contributed by atoms with Crippen LogP contribution in [-0.2, 0) is 6.42 Å². The van der Waals surface area contributed by atoms with Crippen LogP contribution in [-0.4, -0.2) is 41.3 Å². The van der Waals surface area contributed by atoms with Crippen LogP contribution in [0.5, 0.6) is 0 Å². The summed E-state index contributed by atoms with van der Waals surface area (Å²) in [4.78, 5) is 24.7. The number of hydrogen-bond donors (Lipinski definition) is 1. The SMILES string of the molecule is CCN(CC)CCCC(C)N=C1CC(c2ccc(Cl)cc2Cl)Cc2[nH]c3ccc(Cl)cc3c(=O)c21. The summed E-state index contributed by atoms with van der Waals surface area (Å²) in [6.07, 6.45) is 3.38. The maximum Gasteiger partial charge on any atom is 0.198 e. The second kappa shape index (κ2) is 11.5. The standard InChI is InChI=1S/C28H32Cl3N3O/c1-4-34(5-2)12-6-7-17(3)32-25-13-18(21-10-8-20(30)16-23(21)31)14-26-27(25)28(35)22-15-19(29)9-11-24(22)33-26/h8-11,15-18H,4-7,12-14H2,1-3H3,(H,33,35). The highest BCUT2D eigenvalue weighted by atomic mass is 35.5. The molecule has 4 rings (SSSR count). The topological polar surface area (TPSA) is 48.5 Å². The van der Waals surface area contributed by atoms with Crippen molar-refractivity contribution in [3.8, 4) is 0 Å². The lowest BCUT2D eigenvalue weighted by atomic mass is 9.80. The average Bonchev–Trinajstić information content (AvgIpc) is 2.82. The number of halogens is 3. The second-order valence-electron chi connectivity index (χ2n) is 9.36. The lowest BCUT2D eigenvalue weighted by molar-refractivity contribution is 0.294. The van der Waals surface area contributed by atoms with E-state index in [0.29, 0.717) is 38.9 Å². The quantitative estimate of drug-likeness (QED) is 0.326. The molecule has 1 aromatic heterocycles. The van der Waals surface area contributed by atoms with Crippen molar-refractivity contribution in [2.75, 3.05) is 19.6 Å². The number of hydrogen-bond acceptors (Lipinski definition) is 3. The van der Waals surface area contributed by atoms with Gasteiger partial charge in [-0.05, 0) is 94.1 Å². The number of pyridine rings is 1. The zero-order chi connectivity index (χ0) is 25.1. The van der Waals surface area contributed by atoms with Gasteiger partial charge >= 0.3 is 0 Å². The molecule has 0 bridgehead atoms. The molecule has 35 heavy (non-hydrogen) atoms. The molecular formula is C28H32Cl3N3O. The van der Waals surface area contributed by atoms with E-state index in [1.54, 1.807) is 18.2 Å². The van der Waals surface area contributed by atoms with Gasteiger partial charge in [0, 0.05) is 43.4 Å². The van der Waals surface area contributed by atoms with E-state index in [-0.39, 0.29) is 17.4 Å². The third-order valence-corrected chi connectivity index (χ3v) is 7.79. The predicted octanol–water partition coefficient (Wildman–Crippen LogP) is 7.52. The monoisotopic (exact) mass is 531 g/mol. The fourth-order valence-corrected chi connectivity index (χ4v) is 5.81. The number of aromatic nitrogens is 1. The Kier molecular flexibility index (Phi) is 8.59. The van der Waals surface area contributed by atoms with Crippen LogP contribution in [0, 0.1) is 0 Å². The zero-order valence-corrected chi connectivity index (χ0v) is 22.8. The average molecular weight is 533 g/mol. The minimum atomic E-state index is -0.00834. The lowest BCUT2D eigenvalue weighted by Gasteiger charge is -2.28. The van der Waals surface area contributed by atoms with E-state index in [1.807, 2.05) is 18.2 Å². The van der Waals surface area contributed by atoms with Crippen molar-refractivity contribution in [1.29, 1.82) is 0 Å². The molecule has 0 saturated heterocycles. The van der Waals surface area contributed by atoms with Crippen molar-refractivity contribution >= 4 is 51.4 Å². The molecule has 0 fully saturated rings. The molecule has 1 aliphatic carbocycles. The molecule has 1 heterocycles. The van der Waals surface area contributed by atoms with Crippen molar-refractivity contribution in [2.24, 2.45) is 4.99 Å². The Morgan fingerprint density at radius 3 is 2.49 bits per heavy atom. The number of H-pyrrole nitrogens is 1. The first-order valence-electron chi connectivity index (χ1n) is 12.4. The first-order chi connectivity index (χ1) is 16.8. The van der Waals surface area contributed by atoms with Gasteiger partial charge in [0.15, 0.2) is 5.43 Å². The Labute approximate surface area is 222 Å². The highest BCUT2D eigenvalue weighted by Crippen LogP contribution is 2.37. The van der Waals surface area contributed by atoms with Gasteiger partial charge in [-0.25, -0.2) is 0 Å². The van der Waals surface area contributed by atoms with Gasteiger partial charge in [-0.2, -0.15) is 0 Å². The molecule has 186 valence electrons. The molecule has 2 atom stereocenters. The largest absolute Gasteiger partial charge is 0.358 e. The summed E-state index contributed by atoms with van der Waals surface area (Å²) in [5.74, 6) is 0.106. The smallest absolute Gasteiger partial charge is 0.198 e. The van der Waals surface area contributed by atoms with Crippen molar-refractivity contribution in [3.05, 3.63) is 78.5 Å². The zero-order valence-electron chi connectivity index (χ0n) is 20.5. The van der Waals surface area contributed by atoms with Gasteiger partial charge in [0.2, 0.25) is 0 Å². The number of aliphatic imine (C=N–C) groups is 1. The van der Waals surface area contributed by atoms with Gasteiger partial charge in [0.25, 0.3) is 0 Å². The molecular weight excluding hydrogens is 501 g/mol. The predicted molar refractivity (Wildman–Crippen MR) is 150 cm³/mol. The molecule has 2 aromatic carbocycles. The highest BCUT2D eigenvalue weighted by Gasteiger charge is 2.30. The Morgan fingerprint density at radius 1 is 1.06 bits per heavy atom. The molecule has 7 heteroatoms. The van der Waals surface area contributed by atoms with Gasteiger partial charge in [-0.15, -0.1) is 0 Å². The van der Waals surface area contributed by atoms with Gasteiger partial charge < -0.3 is 9.88 Å². The fraction of sp³-hybridized carbons (Fsp3) is 0.429. The van der Waals surface area contributed by atoms with Crippen LogP contribution in [0.3, 0.4) is 0 Å². The van der Waals surface area contributed by atoms with Gasteiger partial charge in [-0.3, -0.25) is 9.79 Å². The van der Waals surface area contributed by atoms with E-state index in [0.717, 1.165) is 55.0 Å². The van der Waals surface area contributed by atoms with Crippen LogP contribution in [0.25, 0.3) is 10.9 Å². The number of nitrogens with one attached hydrogen (secondary N) is 1. The summed E-state index contributed by atoms with van der Waals surface area (Å²) in [6, 6.07) is 11.2. The van der Waals surface area contributed by atoms with Crippen molar-refractivity contribution in [2.45, 2.75) is 58.4 Å². The maximum absolute atomic E-state index is 13.6. The minimum absolute atomic E-state index is 0.00834. The number of nitrogens with zero attached hydrogens (tertiary/aromatic N) is 2. The first kappa shape index (κ1) is 26.2. The molecule has 2 unspecified atom stereocenters. The molecule has 1 N–H and O–H groups in total. The van der Waals surface area contributed by atoms with Crippen molar-refractivity contribution in [3.63, 3.8) is 0 Å². The summed E-state index contributed by atoms with van der Waals surface area (Å²) in [5, 5.41) is 2.41. The summed E-state index contributed by atoms with van der Waals surface area (Å²) < 4.78 is 0. The van der Waals surface area contributed by atoms with Crippen LogP contribution >= 0.6 is 34.8 Å². The minimum Gasteiger partial charge on any atom is -0.358 e. The molecule has 4 nitrogen and oxygen atoms in total. The van der Waals surface area contributed by atoms with E-state index in [9.17, 15) is 4.79 Å². The van der Waals surface area contributed by atoms with Crippen molar-refractivity contribution < 1.29 is 0 Å². The molecule has 0 aliphatic heterocycles. The molecule has 0 amide bonds. The van der Waals surface area contributed by atoms with E-state index >= 15 is 0 Å². The second-order valence-corrected chi connectivity index (χ2v) is 10.6. The third-order valence-electron chi connectivity index (χ3n) is 6.99. The van der Waals surface area contributed by atoms with Crippen LogP contribution in [0.4, 0.5) is 0 Å². The van der Waals surface area contributed by atoms with Crippen LogP contribution in [0.2, 0.25) is 15.1 Å². The normalized spacial score (nSPS) is 17.8. The Morgan fingerprint density at radius 2 is 1.77 bits per heavy atom. The lowest BCUT2D eigenvalue weighted by Crippen LogP contribution is -2.29. The van der Waals surface area contributed by atoms with Crippen molar-refractivity contribution in [1.82, 2.24) is 9.88 Å². The summed E-state index contributed by atoms with van der Waals surface area (Å²) in [6.45, 7) is 9.70. The van der Waals surface area contributed by atoms with E-state index in [4.69, 9.17) is 39.8 Å². The van der Waals surface area contributed by atoms with Crippen LogP contribution in [0.15, 0.2) is 46.2 Å². The summed E-state index contributed by atoms with van der Waals surface area (Å²) in [7, 11) is 0. The fourth-order valence-electron chi connectivity index (χ4n) is 5.07. The van der Waals surface area contributed by atoms with Crippen LogP contribution < -0.4 is 5.43 Å². The number of benzene rings is 2. The number of fused-ring (bicyclic) bond motifs is 2. The maximum atomic E-state index is 13.6.